The number of hydrogen-bond donors (Lipinski definition) is 1. The molecular formula is C18H25Cl2N3O2S. The molecule has 0 unspecified atom stereocenters. The van der Waals surface area contributed by atoms with Crippen LogP contribution in [-0.2, 0) is 4.79 Å². The van der Waals surface area contributed by atoms with E-state index in [1.54, 1.807) is 40.7 Å². The van der Waals surface area contributed by atoms with Gasteiger partial charge in [-0.05, 0) is 45.4 Å². The van der Waals surface area contributed by atoms with Crippen molar-refractivity contribution in [1.29, 1.82) is 0 Å². The van der Waals surface area contributed by atoms with Crippen LogP contribution in [0.2, 0.25) is 10.0 Å². The molecule has 26 heavy (non-hydrogen) atoms. The van der Waals surface area contributed by atoms with Crippen LogP contribution >= 0.6 is 35.0 Å². The monoisotopic (exact) mass is 417 g/mol. The van der Waals surface area contributed by atoms with E-state index < -0.39 is 0 Å². The van der Waals surface area contributed by atoms with Gasteiger partial charge in [0.2, 0.25) is 5.91 Å². The first-order valence-electron chi connectivity index (χ1n) is 8.44. The van der Waals surface area contributed by atoms with E-state index in [-0.39, 0.29) is 28.1 Å². The van der Waals surface area contributed by atoms with Crippen molar-refractivity contribution < 1.29 is 9.59 Å². The van der Waals surface area contributed by atoms with E-state index in [0.29, 0.717) is 23.1 Å². The lowest BCUT2D eigenvalue weighted by Gasteiger charge is -2.29. The van der Waals surface area contributed by atoms with Crippen molar-refractivity contribution in [3.8, 4) is 0 Å². The highest BCUT2D eigenvalue weighted by Gasteiger charge is 2.38. The van der Waals surface area contributed by atoms with Gasteiger partial charge in [-0.1, -0.05) is 29.3 Å². The van der Waals surface area contributed by atoms with Gasteiger partial charge in [-0.25, -0.2) is 4.79 Å². The molecule has 1 heterocycles. The van der Waals surface area contributed by atoms with Crippen LogP contribution in [0, 0.1) is 0 Å². The molecule has 2 atom stereocenters. The molecule has 1 aliphatic heterocycles. The normalized spacial score (nSPS) is 20.4. The Balaban J connectivity index is 2.08. The van der Waals surface area contributed by atoms with E-state index in [1.807, 2.05) is 33.8 Å². The van der Waals surface area contributed by atoms with Gasteiger partial charge in [-0.15, -0.1) is 11.8 Å². The van der Waals surface area contributed by atoms with E-state index in [1.165, 1.54) is 0 Å². The lowest BCUT2D eigenvalue weighted by molar-refractivity contribution is -0.129. The van der Waals surface area contributed by atoms with Crippen LogP contribution in [0.25, 0.3) is 0 Å². The molecule has 0 bridgehead atoms. The fraction of sp³-hybridized carbons (Fsp3) is 0.556. The average molecular weight is 418 g/mol. The van der Waals surface area contributed by atoms with Gasteiger partial charge in [0.25, 0.3) is 0 Å². The predicted molar refractivity (Wildman–Crippen MR) is 109 cm³/mol. The lowest BCUT2D eigenvalue weighted by Crippen LogP contribution is -2.49. The second kappa shape index (κ2) is 8.28. The van der Waals surface area contributed by atoms with Crippen molar-refractivity contribution in [2.75, 3.05) is 20.1 Å². The van der Waals surface area contributed by atoms with Crippen molar-refractivity contribution in [2.24, 2.45) is 0 Å². The number of urea groups is 1. The number of halogens is 2. The number of amides is 3. The summed E-state index contributed by atoms with van der Waals surface area (Å²) in [4.78, 5) is 28.2. The largest absolute Gasteiger partial charge is 0.333 e. The standard InChI is InChI=1S/C18H25Cl2N3O2S/c1-11-15(24)23(9-8-22(5)17(25)21-18(2,3)4)16(26-11)12-6-7-13(19)14(20)10-12/h6-7,10-11,16H,8-9H2,1-5H3,(H,21,25)/t11-,16-/m0/s1. The average Bonchev–Trinajstić information content (AvgIpc) is 2.81. The Morgan fingerprint density at radius 1 is 1.31 bits per heavy atom. The summed E-state index contributed by atoms with van der Waals surface area (Å²) in [5.41, 5.74) is 0.630. The van der Waals surface area contributed by atoms with Gasteiger partial charge in [0.05, 0.1) is 15.3 Å². The Labute approximate surface area is 169 Å². The molecule has 144 valence electrons. The van der Waals surface area contributed by atoms with Crippen LogP contribution in [0.15, 0.2) is 18.2 Å². The number of nitrogens with one attached hydrogen (secondary N) is 1. The molecule has 3 amide bonds. The van der Waals surface area contributed by atoms with Gasteiger partial charge in [0.15, 0.2) is 0 Å². The van der Waals surface area contributed by atoms with Crippen molar-refractivity contribution in [2.45, 2.75) is 43.9 Å². The summed E-state index contributed by atoms with van der Waals surface area (Å²) in [6.07, 6.45) is 0. The maximum absolute atomic E-state index is 12.6. The predicted octanol–water partition coefficient (Wildman–Crippen LogP) is 4.40. The molecule has 2 rings (SSSR count). The summed E-state index contributed by atoms with van der Waals surface area (Å²) in [7, 11) is 1.73. The zero-order valence-corrected chi connectivity index (χ0v) is 18.0. The number of likely N-dealkylation sites (N-methyl/N-ethyl adjacent to an activating group) is 1. The molecule has 0 spiro atoms. The Hall–Kier alpha value is -1.11. The van der Waals surface area contributed by atoms with Gasteiger partial charge >= 0.3 is 6.03 Å². The minimum absolute atomic E-state index is 0.0655. The van der Waals surface area contributed by atoms with Crippen LogP contribution in [-0.4, -0.2) is 52.7 Å². The smallest absolute Gasteiger partial charge is 0.317 e. The Bertz CT molecular complexity index is 694. The molecule has 0 aromatic heterocycles. The first-order valence-corrected chi connectivity index (χ1v) is 10.1. The molecule has 0 radical (unpaired) electrons. The van der Waals surface area contributed by atoms with Crippen LogP contribution in [0.5, 0.6) is 0 Å². The molecule has 1 N–H and O–H groups in total. The summed E-state index contributed by atoms with van der Waals surface area (Å²) < 4.78 is 0. The zero-order chi connectivity index (χ0) is 19.6. The fourth-order valence-corrected chi connectivity index (χ4v) is 4.21. The van der Waals surface area contributed by atoms with Crippen molar-refractivity contribution >= 4 is 46.9 Å². The number of benzene rings is 1. The number of rotatable bonds is 4. The van der Waals surface area contributed by atoms with Gasteiger partial charge in [0.1, 0.15) is 5.37 Å². The second-order valence-corrected chi connectivity index (χ2v) is 9.68. The minimum atomic E-state index is -0.304. The molecule has 1 aliphatic rings. The Morgan fingerprint density at radius 3 is 2.54 bits per heavy atom. The summed E-state index contributed by atoms with van der Waals surface area (Å²) in [6, 6.07) is 5.28. The van der Waals surface area contributed by atoms with E-state index in [0.717, 1.165) is 5.56 Å². The van der Waals surface area contributed by atoms with Crippen LogP contribution in [0.3, 0.4) is 0 Å². The van der Waals surface area contributed by atoms with Crippen LogP contribution in [0.1, 0.15) is 38.6 Å². The molecule has 0 saturated carbocycles. The number of hydrogen-bond acceptors (Lipinski definition) is 3. The topological polar surface area (TPSA) is 52.6 Å². The van der Waals surface area contributed by atoms with Gasteiger partial charge in [0, 0.05) is 25.7 Å². The zero-order valence-electron chi connectivity index (χ0n) is 15.7. The highest BCUT2D eigenvalue weighted by molar-refractivity contribution is 8.01. The third-order valence-corrected chi connectivity index (χ3v) is 6.11. The van der Waals surface area contributed by atoms with Gasteiger partial charge < -0.3 is 15.1 Å². The number of nitrogens with zero attached hydrogens (tertiary/aromatic N) is 2. The van der Waals surface area contributed by atoms with E-state index in [2.05, 4.69) is 5.32 Å². The number of carbonyl (C=O) groups excluding carboxylic acids is 2. The van der Waals surface area contributed by atoms with Crippen molar-refractivity contribution in [3.05, 3.63) is 33.8 Å². The van der Waals surface area contributed by atoms with Crippen LogP contribution < -0.4 is 5.32 Å². The lowest BCUT2D eigenvalue weighted by atomic mass is 10.1. The molecule has 0 aliphatic carbocycles. The van der Waals surface area contributed by atoms with E-state index >= 15 is 0 Å². The summed E-state index contributed by atoms with van der Waals surface area (Å²) in [6.45, 7) is 8.59. The Morgan fingerprint density at radius 2 is 1.96 bits per heavy atom. The van der Waals surface area contributed by atoms with Crippen molar-refractivity contribution in [3.63, 3.8) is 0 Å². The minimum Gasteiger partial charge on any atom is -0.333 e. The summed E-state index contributed by atoms with van der Waals surface area (Å²) >= 11 is 13.7. The first kappa shape index (κ1) is 21.2. The van der Waals surface area contributed by atoms with Crippen molar-refractivity contribution in [1.82, 2.24) is 15.1 Å². The third kappa shape index (κ3) is 5.21. The summed E-state index contributed by atoms with van der Waals surface area (Å²) in [5, 5.41) is 3.61. The molecule has 1 aromatic carbocycles. The van der Waals surface area contributed by atoms with Gasteiger partial charge in [-0.3, -0.25) is 4.79 Å². The molecule has 5 nitrogen and oxygen atoms in total. The third-order valence-electron chi connectivity index (χ3n) is 3.98. The number of carbonyl (C=O) groups is 2. The second-order valence-electron chi connectivity index (χ2n) is 7.44. The molecular weight excluding hydrogens is 393 g/mol. The van der Waals surface area contributed by atoms with Crippen LogP contribution in [0.4, 0.5) is 4.79 Å². The summed E-state index contributed by atoms with van der Waals surface area (Å²) in [5.74, 6) is 0.0655. The van der Waals surface area contributed by atoms with E-state index in [9.17, 15) is 9.59 Å². The molecule has 1 fully saturated rings. The first-order chi connectivity index (χ1) is 12.0. The van der Waals surface area contributed by atoms with E-state index in [4.69, 9.17) is 23.2 Å². The number of thioether (sulfide) groups is 1. The maximum Gasteiger partial charge on any atom is 0.317 e. The maximum atomic E-state index is 12.6. The SMILES string of the molecule is C[C@@H]1S[C@@H](c2ccc(Cl)c(Cl)c2)N(CCN(C)C(=O)NC(C)(C)C)C1=O. The quantitative estimate of drug-likeness (QED) is 0.789. The fourth-order valence-electron chi connectivity index (χ4n) is 2.60. The molecule has 8 heteroatoms. The highest BCUT2D eigenvalue weighted by Crippen LogP contribution is 2.43. The molecule has 1 aromatic rings. The Kier molecular flexibility index (Phi) is 6.75. The highest BCUT2D eigenvalue weighted by atomic mass is 35.5. The molecule has 1 saturated heterocycles. The van der Waals surface area contributed by atoms with Gasteiger partial charge in [-0.2, -0.15) is 0 Å².